The molecule has 0 rings (SSSR count). The first-order chi connectivity index (χ1) is 3.68. The van der Waals surface area contributed by atoms with Crippen LogP contribution in [0.4, 0.5) is 0 Å². The van der Waals surface area contributed by atoms with Crippen LogP contribution in [-0.2, 0) is 4.74 Å². The van der Waals surface area contributed by atoms with Gasteiger partial charge in [-0.05, 0) is 12.8 Å². The van der Waals surface area contributed by atoms with Crippen LogP contribution in [0.1, 0.15) is 13.8 Å². The summed E-state index contributed by atoms with van der Waals surface area (Å²) in [5.74, 6) is 0.472. The predicted molar refractivity (Wildman–Crippen MR) is 34.7 cm³/mol. The van der Waals surface area contributed by atoms with Gasteiger partial charge in [-0.25, -0.2) is 0 Å². The molecule has 0 bridgehead atoms. The molecule has 0 saturated heterocycles. The van der Waals surface area contributed by atoms with Gasteiger partial charge in [-0.3, -0.25) is 0 Å². The summed E-state index contributed by atoms with van der Waals surface area (Å²) in [6.45, 7) is 4.83. The van der Waals surface area contributed by atoms with Crippen molar-refractivity contribution in [2.45, 2.75) is 19.9 Å². The van der Waals surface area contributed by atoms with E-state index in [4.69, 9.17) is 10.5 Å². The monoisotopic (exact) mass is 117 g/mol. The summed E-state index contributed by atoms with van der Waals surface area (Å²) < 4.78 is 4.88. The smallest absolute Gasteiger partial charge is 0.0502 e. The number of methoxy groups -OCH3 is 1. The molecule has 0 saturated carbocycles. The van der Waals surface area contributed by atoms with Crippen molar-refractivity contribution in [3.8, 4) is 0 Å². The first kappa shape index (κ1) is 7.92. The van der Waals surface area contributed by atoms with Crippen molar-refractivity contribution < 1.29 is 4.74 Å². The van der Waals surface area contributed by atoms with Gasteiger partial charge < -0.3 is 10.5 Å². The number of ether oxygens (including phenoxy) is 1. The summed E-state index contributed by atoms with van der Waals surface area (Å²) in [6, 6.07) is 0.245. The van der Waals surface area contributed by atoms with E-state index < -0.39 is 0 Å². The Bertz CT molecular complexity index is 54.5. The molecule has 0 heterocycles. The van der Waals surface area contributed by atoms with Crippen molar-refractivity contribution in [2.24, 2.45) is 11.7 Å². The maximum Gasteiger partial charge on any atom is 0.0502 e. The van der Waals surface area contributed by atoms with Gasteiger partial charge in [0.2, 0.25) is 0 Å². The van der Waals surface area contributed by atoms with E-state index in [2.05, 4.69) is 6.92 Å². The third-order valence-electron chi connectivity index (χ3n) is 1.33. The highest BCUT2D eigenvalue weighted by atomic mass is 16.5. The van der Waals surface area contributed by atoms with E-state index in [0.29, 0.717) is 5.92 Å². The molecular formula is C6H15NO. The summed E-state index contributed by atoms with van der Waals surface area (Å²) in [5.41, 5.74) is 5.54. The first-order valence-corrected chi connectivity index (χ1v) is 2.93. The Morgan fingerprint density at radius 2 is 2.00 bits per heavy atom. The molecule has 8 heavy (non-hydrogen) atoms. The Hall–Kier alpha value is -0.0800. The fraction of sp³-hybridized carbons (Fsp3) is 1.00. The van der Waals surface area contributed by atoms with Crippen molar-refractivity contribution in [3.63, 3.8) is 0 Å². The largest absolute Gasteiger partial charge is 0.384 e. The molecule has 2 N–H and O–H groups in total. The van der Waals surface area contributed by atoms with E-state index >= 15 is 0 Å². The molecule has 0 aliphatic rings. The van der Waals surface area contributed by atoms with Crippen LogP contribution >= 0.6 is 0 Å². The minimum Gasteiger partial charge on any atom is -0.384 e. The molecule has 50 valence electrons. The van der Waals surface area contributed by atoms with Gasteiger partial charge in [-0.2, -0.15) is 0 Å². The molecule has 0 aliphatic carbocycles. The zero-order valence-electron chi connectivity index (χ0n) is 5.85. The first-order valence-electron chi connectivity index (χ1n) is 2.93. The summed E-state index contributed by atoms with van der Waals surface area (Å²) in [4.78, 5) is 0. The zero-order valence-corrected chi connectivity index (χ0v) is 5.85. The van der Waals surface area contributed by atoms with Gasteiger partial charge in [0.1, 0.15) is 0 Å². The highest BCUT2D eigenvalue weighted by molar-refractivity contribution is 4.61. The van der Waals surface area contributed by atoms with Gasteiger partial charge in [-0.1, -0.05) is 6.92 Å². The van der Waals surface area contributed by atoms with Crippen LogP contribution < -0.4 is 5.73 Å². The van der Waals surface area contributed by atoms with Crippen LogP contribution in [0.25, 0.3) is 0 Å². The van der Waals surface area contributed by atoms with Crippen LogP contribution in [-0.4, -0.2) is 19.8 Å². The van der Waals surface area contributed by atoms with Gasteiger partial charge >= 0.3 is 0 Å². The standard InChI is InChI=1S/C6H15NO/c1-5(4-8-3)6(2)7/h5-6H,4,7H2,1-3H3. The second kappa shape index (κ2) is 3.87. The van der Waals surface area contributed by atoms with Crippen molar-refractivity contribution in [1.29, 1.82) is 0 Å². The second-order valence-corrected chi connectivity index (χ2v) is 2.29. The molecule has 0 fully saturated rings. The molecular weight excluding hydrogens is 102 g/mol. The van der Waals surface area contributed by atoms with Crippen molar-refractivity contribution >= 4 is 0 Å². The summed E-state index contributed by atoms with van der Waals surface area (Å²) >= 11 is 0. The normalized spacial score (nSPS) is 18.0. The van der Waals surface area contributed by atoms with Crippen molar-refractivity contribution in [3.05, 3.63) is 0 Å². The number of hydrogen-bond acceptors (Lipinski definition) is 2. The maximum absolute atomic E-state index is 5.54. The lowest BCUT2D eigenvalue weighted by atomic mass is 10.1. The highest BCUT2D eigenvalue weighted by Gasteiger charge is 2.04. The van der Waals surface area contributed by atoms with Crippen molar-refractivity contribution in [1.82, 2.24) is 0 Å². The average Bonchev–Trinajstić information content (AvgIpc) is 1.67. The Balaban J connectivity index is 3.17. The SMILES string of the molecule is COCC(C)C(C)N. The lowest BCUT2D eigenvalue weighted by Gasteiger charge is -2.12. The van der Waals surface area contributed by atoms with Gasteiger partial charge in [-0.15, -0.1) is 0 Å². The quantitative estimate of drug-likeness (QED) is 0.588. The molecule has 2 heteroatoms. The van der Waals surface area contributed by atoms with Crippen molar-refractivity contribution in [2.75, 3.05) is 13.7 Å². The lowest BCUT2D eigenvalue weighted by molar-refractivity contribution is 0.150. The predicted octanol–water partition coefficient (Wildman–Crippen LogP) is 0.616. The van der Waals surface area contributed by atoms with Gasteiger partial charge in [0, 0.05) is 13.2 Å². The molecule has 0 radical (unpaired) electrons. The summed E-state index contributed by atoms with van der Waals surface area (Å²) in [7, 11) is 1.69. The Labute approximate surface area is 51.0 Å². The lowest BCUT2D eigenvalue weighted by Crippen LogP contribution is -2.27. The Morgan fingerprint density at radius 1 is 1.50 bits per heavy atom. The van der Waals surface area contributed by atoms with Gasteiger partial charge in [0.15, 0.2) is 0 Å². The third kappa shape index (κ3) is 2.99. The maximum atomic E-state index is 5.54. The van der Waals surface area contributed by atoms with E-state index in [-0.39, 0.29) is 6.04 Å². The topological polar surface area (TPSA) is 35.2 Å². The van der Waals surface area contributed by atoms with E-state index in [1.807, 2.05) is 6.92 Å². The fourth-order valence-electron chi connectivity index (χ4n) is 0.415. The van der Waals surface area contributed by atoms with Gasteiger partial charge in [0.05, 0.1) is 6.61 Å². The van der Waals surface area contributed by atoms with E-state index in [1.165, 1.54) is 0 Å². The van der Waals surface area contributed by atoms with E-state index in [9.17, 15) is 0 Å². The van der Waals surface area contributed by atoms with Crippen LogP contribution in [0.5, 0.6) is 0 Å². The molecule has 0 aromatic carbocycles. The molecule has 0 amide bonds. The van der Waals surface area contributed by atoms with Crippen LogP contribution in [0.15, 0.2) is 0 Å². The molecule has 2 atom stereocenters. The fourth-order valence-corrected chi connectivity index (χ4v) is 0.415. The summed E-state index contributed by atoms with van der Waals surface area (Å²) in [5, 5.41) is 0. The Morgan fingerprint density at radius 3 is 2.12 bits per heavy atom. The van der Waals surface area contributed by atoms with Gasteiger partial charge in [0.25, 0.3) is 0 Å². The van der Waals surface area contributed by atoms with E-state index in [0.717, 1.165) is 6.61 Å². The van der Waals surface area contributed by atoms with Crippen LogP contribution in [0.3, 0.4) is 0 Å². The molecule has 0 aromatic rings. The molecule has 0 aliphatic heterocycles. The Kier molecular flexibility index (Phi) is 3.83. The van der Waals surface area contributed by atoms with Crippen LogP contribution in [0, 0.1) is 5.92 Å². The number of rotatable bonds is 3. The summed E-state index contributed by atoms with van der Waals surface area (Å²) in [6.07, 6.45) is 0. The third-order valence-corrected chi connectivity index (χ3v) is 1.33. The number of nitrogens with two attached hydrogens (primary N) is 1. The van der Waals surface area contributed by atoms with E-state index in [1.54, 1.807) is 7.11 Å². The average molecular weight is 117 g/mol. The molecule has 2 nitrogen and oxygen atoms in total. The second-order valence-electron chi connectivity index (χ2n) is 2.29. The minimum absolute atomic E-state index is 0.245. The number of hydrogen-bond donors (Lipinski definition) is 1. The molecule has 0 spiro atoms. The highest BCUT2D eigenvalue weighted by Crippen LogP contribution is 1.97. The zero-order chi connectivity index (χ0) is 6.57. The molecule has 0 aromatic heterocycles. The molecule has 2 unspecified atom stereocenters. The van der Waals surface area contributed by atoms with Crippen LogP contribution in [0.2, 0.25) is 0 Å². The minimum atomic E-state index is 0.245.